The lowest BCUT2D eigenvalue weighted by atomic mass is 10.2. The number of halogens is 1. The van der Waals surface area contributed by atoms with Crippen molar-refractivity contribution in [2.24, 2.45) is 0 Å². The number of carbonyl (C=O) groups excluding carboxylic acids is 1. The van der Waals surface area contributed by atoms with E-state index in [-0.39, 0.29) is 22.1 Å². The van der Waals surface area contributed by atoms with E-state index in [1.165, 1.54) is 18.2 Å². The van der Waals surface area contributed by atoms with E-state index in [2.05, 4.69) is 20.7 Å². The quantitative estimate of drug-likeness (QED) is 0.794. The summed E-state index contributed by atoms with van der Waals surface area (Å²) >= 11 is 4.31. The number of ether oxygens (including phenoxy) is 1. The highest BCUT2D eigenvalue weighted by molar-refractivity contribution is 9.11. The third-order valence-electron chi connectivity index (χ3n) is 2.48. The maximum atomic E-state index is 12.3. The number of sulfonamides is 1. The van der Waals surface area contributed by atoms with Crippen LogP contribution in [0.4, 0.5) is 5.69 Å². The molecule has 2 rings (SSSR count). The average Bonchev–Trinajstić information content (AvgIpc) is 2.87. The van der Waals surface area contributed by atoms with Gasteiger partial charge in [-0.3, -0.25) is 4.72 Å². The van der Waals surface area contributed by atoms with Gasteiger partial charge in [0.1, 0.15) is 4.21 Å². The largest absolute Gasteiger partial charge is 0.462 e. The number of thiophene rings is 1. The highest BCUT2D eigenvalue weighted by Gasteiger charge is 2.20. The molecule has 21 heavy (non-hydrogen) atoms. The van der Waals surface area contributed by atoms with Crippen molar-refractivity contribution in [3.05, 3.63) is 45.7 Å². The second-order valence-electron chi connectivity index (χ2n) is 3.93. The number of anilines is 1. The Hall–Kier alpha value is -1.38. The van der Waals surface area contributed by atoms with E-state index in [0.717, 1.165) is 11.3 Å². The third kappa shape index (κ3) is 3.84. The molecule has 2 aromatic rings. The normalized spacial score (nSPS) is 11.1. The highest BCUT2D eigenvalue weighted by atomic mass is 79.9. The summed E-state index contributed by atoms with van der Waals surface area (Å²) in [4.78, 5) is 11.8. The first-order valence-corrected chi connectivity index (χ1v) is 9.07. The molecular weight excluding hydrogens is 378 g/mol. The summed E-state index contributed by atoms with van der Waals surface area (Å²) in [7, 11) is -3.73. The summed E-state index contributed by atoms with van der Waals surface area (Å²) in [5.41, 5.74) is 0.374. The molecule has 0 aliphatic heterocycles. The van der Waals surface area contributed by atoms with Gasteiger partial charge in [0.15, 0.2) is 0 Å². The zero-order valence-electron chi connectivity index (χ0n) is 11.0. The second kappa shape index (κ2) is 6.59. The van der Waals surface area contributed by atoms with E-state index in [1.807, 2.05) is 0 Å². The SMILES string of the molecule is CCOC(=O)c1ccccc1NS(=O)(=O)c1ccc(Br)s1. The fourth-order valence-electron chi connectivity index (χ4n) is 1.60. The molecule has 0 atom stereocenters. The number of para-hydroxylation sites is 1. The van der Waals surface area contributed by atoms with Crippen molar-refractivity contribution in [2.75, 3.05) is 11.3 Å². The van der Waals surface area contributed by atoms with Gasteiger partial charge in [-0.1, -0.05) is 12.1 Å². The molecule has 1 N–H and O–H groups in total. The van der Waals surface area contributed by atoms with Gasteiger partial charge in [-0.2, -0.15) is 0 Å². The van der Waals surface area contributed by atoms with Gasteiger partial charge in [0, 0.05) is 0 Å². The second-order valence-corrected chi connectivity index (χ2v) is 8.30. The number of hydrogen-bond acceptors (Lipinski definition) is 5. The van der Waals surface area contributed by atoms with Gasteiger partial charge in [0.05, 0.1) is 21.6 Å². The summed E-state index contributed by atoms with van der Waals surface area (Å²) in [6.07, 6.45) is 0. The molecule has 0 unspecified atom stereocenters. The van der Waals surface area contributed by atoms with Crippen molar-refractivity contribution in [1.82, 2.24) is 0 Å². The Balaban J connectivity index is 2.33. The van der Waals surface area contributed by atoms with Crippen molar-refractivity contribution in [3.63, 3.8) is 0 Å². The predicted octanol–water partition coefficient (Wildman–Crippen LogP) is 3.49. The van der Waals surface area contributed by atoms with Gasteiger partial charge < -0.3 is 4.74 Å². The van der Waals surface area contributed by atoms with Crippen molar-refractivity contribution < 1.29 is 17.9 Å². The van der Waals surface area contributed by atoms with Crippen molar-refractivity contribution in [1.29, 1.82) is 0 Å². The van der Waals surface area contributed by atoms with Crippen LogP contribution in [-0.4, -0.2) is 21.0 Å². The fraction of sp³-hybridized carbons (Fsp3) is 0.154. The molecule has 112 valence electrons. The Morgan fingerprint density at radius 2 is 2.00 bits per heavy atom. The first-order valence-electron chi connectivity index (χ1n) is 5.98. The zero-order valence-corrected chi connectivity index (χ0v) is 14.2. The highest BCUT2D eigenvalue weighted by Crippen LogP contribution is 2.28. The third-order valence-corrected chi connectivity index (χ3v) is 5.96. The predicted molar refractivity (Wildman–Crippen MR) is 85.2 cm³/mol. The van der Waals surface area contributed by atoms with Crippen LogP contribution in [0.1, 0.15) is 17.3 Å². The minimum atomic E-state index is -3.73. The summed E-state index contributed by atoms with van der Waals surface area (Å²) in [6.45, 7) is 1.91. The van der Waals surface area contributed by atoms with Crippen LogP contribution in [0, 0.1) is 0 Å². The molecule has 8 heteroatoms. The van der Waals surface area contributed by atoms with Gasteiger partial charge in [-0.15, -0.1) is 11.3 Å². The number of benzene rings is 1. The van der Waals surface area contributed by atoms with E-state index in [9.17, 15) is 13.2 Å². The number of carbonyl (C=O) groups is 1. The van der Waals surface area contributed by atoms with Crippen LogP contribution in [0.2, 0.25) is 0 Å². The number of hydrogen-bond donors (Lipinski definition) is 1. The molecule has 0 radical (unpaired) electrons. The molecule has 1 aromatic heterocycles. The van der Waals surface area contributed by atoms with E-state index in [4.69, 9.17) is 4.74 Å². The zero-order chi connectivity index (χ0) is 15.5. The molecule has 0 amide bonds. The maximum absolute atomic E-state index is 12.3. The lowest BCUT2D eigenvalue weighted by Gasteiger charge is -2.10. The van der Waals surface area contributed by atoms with Gasteiger partial charge in [-0.05, 0) is 47.1 Å². The minimum Gasteiger partial charge on any atom is -0.462 e. The molecule has 0 saturated heterocycles. The topological polar surface area (TPSA) is 72.5 Å². The van der Waals surface area contributed by atoms with Gasteiger partial charge in [0.25, 0.3) is 10.0 Å². The summed E-state index contributed by atoms with van der Waals surface area (Å²) in [5, 5.41) is 0. The summed E-state index contributed by atoms with van der Waals surface area (Å²) in [6, 6.07) is 9.46. The Morgan fingerprint density at radius 3 is 2.62 bits per heavy atom. The van der Waals surface area contributed by atoms with E-state index in [1.54, 1.807) is 25.1 Å². The van der Waals surface area contributed by atoms with Crippen molar-refractivity contribution in [3.8, 4) is 0 Å². The number of rotatable bonds is 5. The molecule has 1 aromatic carbocycles. The van der Waals surface area contributed by atoms with Crippen LogP contribution in [0.5, 0.6) is 0 Å². The smallest absolute Gasteiger partial charge is 0.340 e. The van der Waals surface area contributed by atoms with Crippen molar-refractivity contribution >= 4 is 48.9 Å². The van der Waals surface area contributed by atoms with Crippen molar-refractivity contribution in [2.45, 2.75) is 11.1 Å². The van der Waals surface area contributed by atoms with Crippen LogP contribution in [-0.2, 0) is 14.8 Å². The fourth-order valence-corrected chi connectivity index (χ4v) is 4.69. The van der Waals surface area contributed by atoms with Crippen LogP contribution >= 0.6 is 27.3 Å². The molecule has 0 fully saturated rings. The molecule has 0 aliphatic carbocycles. The molecule has 0 saturated carbocycles. The van der Waals surface area contributed by atoms with E-state index < -0.39 is 16.0 Å². The Kier molecular flexibility index (Phi) is 5.02. The van der Waals surface area contributed by atoms with Crippen LogP contribution in [0.15, 0.2) is 44.4 Å². The van der Waals surface area contributed by atoms with Crippen LogP contribution in [0.3, 0.4) is 0 Å². The maximum Gasteiger partial charge on any atom is 0.340 e. The van der Waals surface area contributed by atoms with Crippen LogP contribution < -0.4 is 4.72 Å². The van der Waals surface area contributed by atoms with E-state index >= 15 is 0 Å². The van der Waals surface area contributed by atoms with Gasteiger partial charge >= 0.3 is 5.97 Å². The molecule has 0 spiro atoms. The first kappa shape index (κ1) is 16.0. The molecule has 0 aliphatic rings. The standard InChI is InChI=1S/C13H12BrNO4S2/c1-2-19-13(16)9-5-3-4-6-10(9)15-21(17,18)12-8-7-11(14)20-12/h3-8,15H,2H2,1H3. The molecule has 1 heterocycles. The average molecular weight is 390 g/mol. The molecular formula is C13H12BrNO4S2. The monoisotopic (exact) mass is 389 g/mol. The lowest BCUT2D eigenvalue weighted by Crippen LogP contribution is -2.15. The summed E-state index contributed by atoms with van der Waals surface area (Å²) < 4.78 is 32.7. The minimum absolute atomic E-state index is 0.160. The van der Waals surface area contributed by atoms with Gasteiger partial charge in [-0.25, -0.2) is 13.2 Å². The molecule has 5 nitrogen and oxygen atoms in total. The number of esters is 1. The molecule has 0 bridgehead atoms. The Labute approximate surface area is 135 Å². The lowest BCUT2D eigenvalue weighted by molar-refractivity contribution is 0.0527. The van der Waals surface area contributed by atoms with Crippen LogP contribution in [0.25, 0.3) is 0 Å². The van der Waals surface area contributed by atoms with E-state index in [0.29, 0.717) is 3.79 Å². The Bertz CT molecular complexity index is 755. The number of nitrogens with one attached hydrogen (secondary N) is 1. The first-order chi connectivity index (χ1) is 9.94. The van der Waals surface area contributed by atoms with Gasteiger partial charge in [0.2, 0.25) is 0 Å². The summed E-state index contributed by atoms with van der Waals surface area (Å²) in [5.74, 6) is -0.567. The Morgan fingerprint density at radius 1 is 1.29 bits per heavy atom.